The van der Waals surface area contributed by atoms with Gasteiger partial charge in [-0.3, -0.25) is 4.21 Å². The van der Waals surface area contributed by atoms with Gasteiger partial charge in [-0.1, -0.05) is 36.4 Å². The van der Waals surface area contributed by atoms with Crippen LogP contribution >= 0.6 is 0 Å². The summed E-state index contributed by atoms with van der Waals surface area (Å²) in [5, 5.41) is 0.978. The first-order valence-corrected chi connectivity index (χ1v) is 10.2. The molecule has 1 atom stereocenters. The van der Waals surface area contributed by atoms with Crippen molar-refractivity contribution in [3.05, 3.63) is 60.2 Å². The number of rotatable bonds is 5. The second-order valence-electron chi connectivity index (χ2n) is 5.27. The summed E-state index contributed by atoms with van der Waals surface area (Å²) in [5.74, 6) is 0. The minimum Gasteiger partial charge on any atom is -0.380 e. The first-order chi connectivity index (χ1) is 11.5. The van der Waals surface area contributed by atoms with E-state index < -0.39 is 20.8 Å². The molecule has 1 unspecified atom stereocenters. The smallest absolute Gasteiger partial charge is 0.269 e. The van der Waals surface area contributed by atoms with Crippen molar-refractivity contribution in [2.45, 2.75) is 16.5 Å². The average molecular weight is 363 g/mol. The molecule has 0 aliphatic rings. The summed E-state index contributed by atoms with van der Waals surface area (Å²) < 4.78 is 45.1. The maximum Gasteiger partial charge on any atom is 0.269 e. The van der Waals surface area contributed by atoms with Gasteiger partial charge >= 0.3 is 0 Å². The fraction of sp³-hybridized carbons (Fsp3) is 0.176. The van der Waals surface area contributed by atoms with Gasteiger partial charge in [0.25, 0.3) is 10.0 Å². The Labute approximate surface area is 143 Å². The fourth-order valence-corrected chi connectivity index (χ4v) is 5.68. The van der Waals surface area contributed by atoms with Crippen LogP contribution in [-0.4, -0.2) is 30.0 Å². The van der Waals surface area contributed by atoms with Crippen molar-refractivity contribution in [2.24, 2.45) is 0 Å². The standard InChI is InChI=1S/C17H17NO4S2/c1-22-12-15-14-10-6-7-11-16(14)18(17(15)23(2)19)24(20,21)13-8-4-3-5-9-13/h3-11H,12H2,1-2H3. The number of para-hydroxylation sites is 1. The zero-order valence-corrected chi connectivity index (χ0v) is 14.9. The van der Waals surface area contributed by atoms with Crippen LogP contribution in [0.15, 0.2) is 64.5 Å². The van der Waals surface area contributed by atoms with Crippen molar-refractivity contribution < 1.29 is 17.4 Å². The number of ether oxygens (including phenoxy) is 1. The molecule has 126 valence electrons. The van der Waals surface area contributed by atoms with Crippen LogP contribution in [0.3, 0.4) is 0 Å². The van der Waals surface area contributed by atoms with Crippen LogP contribution < -0.4 is 0 Å². The van der Waals surface area contributed by atoms with Gasteiger partial charge in [-0.2, -0.15) is 0 Å². The van der Waals surface area contributed by atoms with Gasteiger partial charge in [0.1, 0.15) is 5.03 Å². The van der Waals surface area contributed by atoms with Gasteiger partial charge < -0.3 is 4.74 Å². The predicted molar refractivity (Wildman–Crippen MR) is 94.0 cm³/mol. The number of methoxy groups -OCH3 is 1. The molecule has 0 saturated heterocycles. The third kappa shape index (κ3) is 2.68. The van der Waals surface area contributed by atoms with Gasteiger partial charge in [0, 0.05) is 24.3 Å². The lowest BCUT2D eigenvalue weighted by atomic mass is 10.2. The van der Waals surface area contributed by atoms with Crippen molar-refractivity contribution in [3.63, 3.8) is 0 Å². The van der Waals surface area contributed by atoms with Gasteiger partial charge in [-0.15, -0.1) is 0 Å². The van der Waals surface area contributed by atoms with Crippen LogP contribution in [0.2, 0.25) is 0 Å². The van der Waals surface area contributed by atoms with Crippen LogP contribution in [0, 0.1) is 0 Å². The Hall–Kier alpha value is -1.96. The Morgan fingerprint density at radius 3 is 2.29 bits per heavy atom. The minimum atomic E-state index is -3.87. The number of hydrogen-bond donors (Lipinski definition) is 0. The third-order valence-corrected chi connectivity index (χ3v) is 6.55. The van der Waals surface area contributed by atoms with E-state index in [0.717, 1.165) is 5.39 Å². The average Bonchev–Trinajstić information content (AvgIpc) is 2.92. The topological polar surface area (TPSA) is 65.4 Å². The number of aromatic nitrogens is 1. The van der Waals surface area contributed by atoms with Gasteiger partial charge in [-0.25, -0.2) is 12.4 Å². The highest BCUT2D eigenvalue weighted by atomic mass is 32.2. The number of fused-ring (bicyclic) bond motifs is 1. The van der Waals surface area contributed by atoms with Crippen LogP contribution in [0.1, 0.15) is 5.56 Å². The molecule has 0 amide bonds. The molecule has 3 aromatic rings. The Morgan fingerprint density at radius 2 is 1.67 bits per heavy atom. The lowest BCUT2D eigenvalue weighted by molar-refractivity contribution is 0.183. The fourth-order valence-electron chi connectivity index (χ4n) is 2.76. The van der Waals surface area contributed by atoms with E-state index in [-0.39, 0.29) is 16.5 Å². The van der Waals surface area contributed by atoms with E-state index in [1.807, 2.05) is 12.1 Å². The SMILES string of the molecule is COCc1c(S(C)=O)n(S(=O)(=O)c2ccccc2)c2ccccc12. The maximum absolute atomic E-state index is 13.2. The van der Waals surface area contributed by atoms with Crippen LogP contribution in [0.4, 0.5) is 0 Å². The summed E-state index contributed by atoms with van der Waals surface area (Å²) in [5.41, 5.74) is 1.13. The largest absolute Gasteiger partial charge is 0.380 e. The second kappa shape index (κ2) is 6.51. The molecule has 7 heteroatoms. The first kappa shape index (κ1) is 16.9. The van der Waals surface area contributed by atoms with E-state index in [2.05, 4.69) is 0 Å². The van der Waals surface area contributed by atoms with Crippen molar-refractivity contribution in [3.8, 4) is 0 Å². The van der Waals surface area contributed by atoms with E-state index in [1.54, 1.807) is 30.3 Å². The highest BCUT2D eigenvalue weighted by Gasteiger charge is 2.28. The predicted octanol–water partition coefficient (Wildman–Crippen LogP) is 2.76. The molecule has 0 bridgehead atoms. The molecule has 3 rings (SSSR count). The lowest BCUT2D eigenvalue weighted by Crippen LogP contribution is -2.16. The zero-order chi connectivity index (χ0) is 17.3. The molecule has 1 aromatic heterocycles. The van der Waals surface area contributed by atoms with E-state index >= 15 is 0 Å². The molecule has 0 fully saturated rings. The Balaban J connectivity index is 2.44. The van der Waals surface area contributed by atoms with E-state index in [4.69, 9.17) is 4.74 Å². The molecule has 5 nitrogen and oxygen atoms in total. The quantitative estimate of drug-likeness (QED) is 0.699. The number of benzene rings is 2. The monoisotopic (exact) mass is 363 g/mol. The van der Waals surface area contributed by atoms with Gasteiger partial charge in [-0.05, 0) is 18.2 Å². The Bertz CT molecular complexity index is 1010. The van der Waals surface area contributed by atoms with Crippen molar-refractivity contribution in [2.75, 3.05) is 13.4 Å². The van der Waals surface area contributed by atoms with Crippen molar-refractivity contribution in [1.29, 1.82) is 0 Å². The summed E-state index contributed by atoms with van der Waals surface area (Å²) in [6.45, 7) is 0.187. The van der Waals surface area contributed by atoms with Crippen molar-refractivity contribution in [1.82, 2.24) is 3.97 Å². The lowest BCUT2D eigenvalue weighted by Gasteiger charge is -2.11. The van der Waals surface area contributed by atoms with Gasteiger partial charge in [0.05, 0.1) is 27.8 Å². The highest BCUT2D eigenvalue weighted by molar-refractivity contribution is 7.91. The van der Waals surface area contributed by atoms with Crippen LogP contribution in [0.25, 0.3) is 10.9 Å². The maximum atomic E-state index is 13.2. The molecule has 0 spiro atoms. The molecule has 0 N–H and O–H groups in total. The van der Waals surface area contributed by atoms with Crippen molar-refractivity contribution >= 4 is 31.7 Å². The molecule has 1 heterocycles. The van der Waals surface area contributed by atoms with Gasteiger partial charge in [0.2, 0.25) is 0 Å². The number of nitrogens with zero attached hydrogens (tertiary/aromatic N) is 1. The molecule has 2 aromatic carbocycles. The molecule has 24 heavy (non-hydrogen) atoms. The summed E-state index contributed by atoms with van der Waals surface area (Å²) in [4.78, 5) is 0.154. The number of hydrogen-bond acceptors (Lipinski definition) is 4. The van der Waals surface area contributed by atoms with E-state index in [9.17, 15) is 12.6 Å². The summed E-state index contributed by atoms with van der Waals surface area (Å²) in [6, 6.07) is 15.3. The van der Waals surface area contributed by atoms with E-state index in [0.29, 0.717) is 11.1 Å². The molecular weight excluding hydrogens is 346 g/mol. The zero-order valence-electron chi connectivity index (χ0n) is 13.3. The Morgan fingerprint density at radius 1 is 1.04 bits per heavy atom. The summed E-state index contributed by atoms with van der Waals surface area (Å²) in [7, 11) is -3.85. The van der Waals surface area contributed by atoms with Crippen LogP contribution in [-0.2, 0) is 32.2 Å². The molecule has 0 aliphatic carbocycles. The summed E-state index contributed by atoms with van der Waals surface area (Å²) >= 11 is 0. The minimum absolute atomic E-state index is 0.154. The molecule has 0 saturated carbocycles. The third-order valence-electron chi connectivity index (χ3n) is 3.73. The Kier molecular flexibility index (Phi) is 4.58. The molecule has 0 radical (unpaired) electrons. The second-order valence-corrected chi connectivity index (χ2v) is 8.35. The molecule has 0 aliphatic heterocycles. The first-order valence-electron chi connectivity index (χ1n) is 7.23. The van der Waals surface area contributed by atoms with Gasteiger partial charge in [0.15, 0.2) is 0 Å². The normalized spacial score (nSPS) is 13.2. The van der Waals surface area contributed by atoms with Crippen LogP contribution in [0.5, 0.6) is 0 Å². The highest BCUT2D eigenvalue weighted by Crippen LogP contribution is 2.32. The van der Waals surface area contributed by atoms with E-state index in [1.165, 1.54) is 29.5 Å². The molecular formula is C17H17NO4S2. The summed E-state index contributed by atoms with van der Waals surface area (Å²) in [6.07, 6.45) is 1.48.